The fraction of sp³-hybridized carbons (Fsp3) is 0.250. The van der Waals surface area contributed by atoms with E-state index < -0.39 is 6.04 Å². The molecule has 2 N–H and O–H groups in total. The van der Waals surface area contributed by atoms with Gasteiger partial charge in [-0.25, -0.2) is 4.98 Å². The average Bonchev–Trinajstić information content (AvgIpc) is 3.44. The van der Waals surface area contributed by atoms with Crippen LogP contribution in [-0.2, 0) is 16.6 Å². The molecule has 1 fully saturated rings. The first kappa shape index (κ1) is 22.5. The number of carbonyl (C=O) groups is 3. The topological polar surface area (TPSA) is 96.3 Å². The van der Waals surface area contributed by atoms with E-state index in [1.807, 2.05) is 23.7 Å². The number of nitrogens with zero attached hydrogens (tertiary/aromatic N) is 3. The van der Waals surface area contributed by atoms with Crippen LogP contribution in [0, 0.1) is 0 Å². The number of amides is 3. The first-order chi connectivity index (χ1) is 15.9. The Hall–Kier alpha value is -3.65. The Kier molecular flexibility index (Phi) is 6.74. The standard InChI is InChI=1S/C24H24ClN5O3/c1-29-14-12-26-23(29)22(16-4-8-18(25)9-5-16)28-20(31)15-27-24(33)17-6-10-19(11-7-17)30-13-2-3-21(30)32/h4-12,14,22H,2-3,13,15H2,1H3,(H,27,33)(H,28,31)/t22-/m0/s1. The van der Waals surface area contributed by atoms with Crippen LogP contribution in [-0.4, -0.2) is 40.4 Å². The van der Waals surface area contributed by atoms with Crippen LogP contribution in [0.25, 0.3) is 0 Å². The van der Waals surface area contributed by atoms with Crippen LogP contribution in [0.1, 0.15) is 40.6 Å². The van der Waals surface area contributed by atoms with Crippen molar-refractivity contribution in [1.82, 2.24) is 20.2 Å². The summed E-state index contributed by atoms with van der Waals surface area (Å²) in [6, 6.07) is 13.5. The molecule has 2 aromatic carbocycles. The molecule has 0 spiro atoms. The summed E-state index contributed by atoms with van der Waals surface area (Å²) >= 11 is 6.00. The van der Waals surface area contributed by atoms with E-state index >= 15 is 0 Å². The van der Waals surface area contributed by atoms with Gasteiger partial charge in [0.25, 0.3) is 5.91 Å². The normalized spacial score (nSPS) is 14.2. The minimum absolute atomic E-state index is 0.0897. The SMILES string of the molecule is Cn1ccnc1[C@@H](NC(=O)CNC(=O)c1ccc(N2CCCC2=O)cc1)c1ccc(Cl)cc1. The zero-order valence-electron chi connectivity index (χ0n) is 18.1. The first-order valence-corrected chi connectivity index (χ1v) is 11.0. The number of imidazole rings is 1. The van der Waals surface area contributed by atoms with Gasteiger partial charge < -0.3 is 20.1 Å². The molecule has 3 amide bonds. The van der Waals surface area contributed by atoms with Gasteiger partial charge in [-0.1, -0.05) is 23.7 Å². The predicted octanol–water partition coefficient (Wildman–Crippen LogP) is 2.84. The number of carbonyl (C=O) groups excluding carboxylic acids is 3. The molecular formula is C24H24ClN5O3. The molecule has 2 heterocycles. The highest BCUT2D eigenvalue weighted by Crippen LogP contribution is 2.23. The van der Waals surface area contributed by atoms with Crippen molar-refractivity contribution in [1.29, 1.82) is 0 Å². The van der Waals surface area contributed by atoms with E-state index in [1.165, 1.54) is 0 Å². The van der Waals surface area contributed by atoms with Crippen molar-refractivity contribution in [2.45, 2.75) is 18.9 Å². The van der Waals surface area contributed by atoms with Crippen molar-refractivity contribution in [2.75, 3.05) is 18.0 Å². The number of benzene rings is 2. The summed E-state index contributed by atoms with van der Waals surface area (Å²) in [5.41, 5.74) is 2.00. The fourth-order valence-corrected chi connectivity index (χ4v) is 3.92. The molecule has 33 heavy (non-hydrogen) atoms. The lowest BCUT2D eigenvalue weighted by atomic mass is 10.1. The largest absolute Gasteiger partial charge is 0.343 e. The van der Waals surface area contributed by atoms with E-state index in [9.17, 15) is 14.4 Å². The lowest BCUT2D eigenvalue weighted by molar-refractivity contribution is -0.120. The second-order valence-corrected chi connectivity index (χ2v) is 8.26. The monoisotopic (exact) mass is 465 g/mol. The maximum atomic E-state index is 12.7. The van der Waals surface area contributed by atoms with E-state index in [4.69, 9.17) is 11.6 Å². The Morgan fingerprint density at radius 3 is 2.45 bits per heavy atom. The zero-order chi connectivity index (χ0) is 23.4. The van der Waals surface area contributed by atoms with Crippen LogP contribution in [0.15, 0.2) is 60.9 Å². The number of hydrogen-bond donors (Lipinski definition) is 2. The summed E-state index contributed by atoms with van der Waals surface area (Å²) in [5.74, 6) is 0.0194. The van der Waals surface area contributed by atoms with E-state index in [0.29, 0.717) is 29.4 Å². The lowest BCUT2D eigenvalue weighted by Crippen LogP contribution is -2.39. The van der Waals surface area contributed by atoms with Gasteiger partial charge in [-0.05, 0) is 48.4 Å². The molecule has 9 heteroatoms. The number of aromatic nitrogens is 2. The van der Waals surface area contributed by atoms with Crippen LogP contribution in [0.5, 0.6) is 0 Å². The lowest BCUT2D eigenvalue weighted by Gasteiger charge is -2.19. The van der Waals surface area contributed by atoms with Gasteiger partial charge in [0.1, 0.15) is 11.9 Å². The number of nitrogens with one attached hydrogen (secondary N) is 2. The summed E-state index contributed by atoms with van der Waals surface area (Å²) in [7, 11) is 1.85. The number of anilines is 1. The van der Waals surface area contributed by atoms with Gasteiger partial charge in [0.2, 0.25) is 11.8 Å². The molecule has 1 aromatic heterocycles. The molecule has 170 valence electrons. The molecule has 3 aromatic rings. The summed E-state index contributed by atoms with van der Waals surface area (Å²) in [6.45, 7) is 0.495. The number of halogens is 1. The van der Waals surface area contributed by atoms with E-state index in [-0.39, 0.29) is 24.3 Å². The average molecular weight is 466 g/mol. The van der Waals surface area contributed by atoms with E-state index in [0.717, 1.165) is 17.7 Å². The molecule has 0 saturated carbocycles. The maximum Gasteiger partial charge on any atom is 0.251 e. The van der Waals surface area contributed by atoms with Crippen molar-refractivity contribution >= 4 is 35.0 Å². The molecule has 0 bridgehead atoms. The van der Waals surface area contributed by atoms with Crippen molar-refractivity contribution in [3.05, 3.63) is 82.9 Å². The van der Waals surface area contributed by atoms with Crippen LogP contribution >= 0.6 is 11.6 Å². The molecule has 0 radical (unpaired) electrons. The van der Waals surface area contributed by atoms with Gasteiger partial charge in [0.15, 0.2) is 0 Å². The molecule has 1 saturated heterocycles. The molecule has 0 unspecified atom stereocenters. The summed E-state index contributed by atoms with van der Waals surface area (Å²) < 4.78 is 1.82. The van der Waals surface area contributed by atoms with E-state index in [1.54, 1.807) is 53.7 Å². The summed E-state index contributed by atoms with van der Waals surface area (Å²) in [5, 5.41) is 6.17. The Morgan fingerprint density at radius 1 is 1.12 bits per heavy atom. The minimum Gasteiger partial charge on any atom is -0.343 e. The number of rotatable bonds is 7. The predicted molar refractivity (Wildman–Crippen MR) is 125 cm³/mol. The van der Waals surface area contributed by atoms with Gasteiger partial charge in [-0.3, -0.25) is 14.4 Å². The Balaban J connectivity index is 1.38. The number of hydrogen-bond acceptors (Lipinski definition) is 4. The van der Waals surface area contributed by atoms with Gasteiger partial charge in [-0.15, -0.1) is 0 Å². The Morgan fingerprint density at radius 2 is 1.85 bits per heavy atom. The van der Waals surface area contributed by atoms with Gasteiger partial charge in [-0.2, -0.15) is 0 Å². The maximum absolute atomic E-state index is 12.7. The highest BCUT2D eigenvalue weighted by Gasteiger charge is 2.23. The molecule has 1 aliphatic rings. The molecule has 4 rings (SSSR count). The second-order valence-electron chi connectivity index (χ2n) is 7.83. The highest BCUT2D eigenvalue weighted by molar-refractivity contribution is 6.30. The summed E-state index contributed by atoms with van der Waals surface area (Å²) in [4.78, 5) is 43.1. The smallest absolute Gasteiger partial charge is 0.251 e. The second kappa shape index (κ2) is 9.87. The molecule has 1 atom stereocenters. The van der Waals surface area contributed by atoms with Crippen molar-refractivity contribution in [3.8, 4) is 0 Å². The Bertz CT molecular complexity index is 1160. The van der Waals surface area contributed by atoms with Crippen LogP contribution in [0.2, 0.25) is 5.02 Å². The molecule has 8 nitrogen and oxygen atoms in total. The van der Waals surface area contributed by atoms with Crippen LogP contribution in [0.3, 0.4) is 0 Å². The third-order valence-electron chi connectivity index (χ3n) is 5.55. The fourth-order valence-electron chi connectivity index (χ4n) is 3.80. The van der Waals surface area contributed by atoms with Gasteiger partial charge in [0.05, 0.1) is 6.54 Å². The van der Waals surface area contributed by atoms with E-state index in [2.05, 4.69) is 15.6 Å². The highest BCUT2D eigenvalue weighted by atomic mass is 35.5. The Labute approximate surface area is 196 Å². The van der Waals surface area contributed by atoms with Crippen molar-refractivity contribution in [2.24, 2.45) is 7.05 Å². The summed E-state index contributed by atoms with van der Waals surface area (Å²) in [6.07, 6.45) is 4.84. The minimum atomic E-state index is -0.496. The third-order valence-corrected chi connectivity index (χ3v) is 5.80. The zero-order valence-corrected chi connectivity index (χ0v) is 18.9. The molecular weight excluding hydrogens is 442 g/mol. The van der Waals surface area contributed by atoms with Crippen molar-refractivity contribution < 1.29 is 14.4 Å². The third kappa shape index (κ3) is 5.23. The van der Waals surface area contributed by atoms with Crippen LogP contribution in [0.4, 0.5) is 5.69 Å². The quantitative estimate of drug-likeness (QED) is 0.560. The molecule has 1 aliphatic heterocycles. The van der Waals surface area contributed by atoms with Gasteiger partial charge in [0, 0.05) is 48.7 Å². The number of aryl methyl sites for hydroxylation is 1. The van der Waals surface area contributed by atoms with Crippen molar-refractivity contribution in [3.63, 3.8) is 0 Å². The van der Waals surface area contributed by atoms with Crippen LogP contribution < -0.4 is 15.5 Å². The van der Waals surface area contributed by atoms with Gasteiger partial charge >= 0.3 is 0 Å². The molecule has 0 aliphatic carbocycles. The first-order valence-electron chi connectivity index (χ1n) is 10.6.